The zero-order valence-corrected chi connectivity index (χ0v) is 19.3. The molecule has 32 heavy (non-hydrogen) atoms. The number of aromatic nitrogens is 3. The Kier molecular flexibility index (Phi) is 5.92. The molecule has 2 aliphatic rings. The topological polar surface area (TPSA) is 98.6 Å². The van der Waals surface area contributed by atoms with Gasteiger partial charge < -0.3 is 19.7 Å². The summed E-state index contributed by atoms with van der Waals surface area (Å²) < 4.78 is 12.9. The van der Waals surface area contributed by atoms with E-state index in [1.165, 1.54) is 23.1 Å². The number of hydrogen-bond donors (Lipinski definition) is 1. The van der Waals surface area contributed by atoms with E-state index < -0.39 is 0 Å². The number of rotatable bonds is 7. The van der Waals surface area contributed by atoms with Gasteiger partial charge in [-0.25, -0.2) is 4.98 Å². The molecule has 9 nitrogen and oxygen atoms in total. The van der Waals surface area contributed by atoms with Gasteiger partial charge in [0.05, 0.1) is 5.75 Å². The lowest BCUT2D eigenvalue weighted by molar-refractivity contribution is -0.118. The number of amides is 1. The van der Waals surface area contributed by atoms with Crippen molar-refractivity contribution < 1.29 is 14.3 Å². The highest BCUT2D eigenvalue weighted by molar-refractivity contribution is 7.99. The van der Waals surface area contributed by atoms with Gasteiger partial charge in [0.1, 0.15) is 4.70 Å². The van der Waals surface area contributed by atoms with Crippen molar-refractivity contribution in [3.8, 4) is 11.5 Å². The molecular weight excluding hydrogens is 450 g/mol. The number of fused-ring (bicyclic) bond motifs is 2. The van der Waals surface area contributed by atoms with Crippen molar-refractivity contribution in [3.05, 3.63) is 34.1 Å². The lowest BCUT2D eigenvalue weighted by Gasteiger charge is -2.11. The van der Waals surface area contributed by atoms with Crippen molar-refractivity contribution in [2.24, 2.45) is 0 Å². The molecule has 0 saturated carbocycles. The minimum atomic E-state index is -0.138. The first-order valence-electron chi connectivity index (χ1n) is 10.6. The molecule has 0 bridgehead atoms. The van der Waals surface area contributed by atoms with E-state index in [4.69, 9.17) is 9.47 Å². The van der Waals surface area contributed by atoms with Gasteiger partial charge in [-0.3, -0.25) is 14.2 Å². The molecule has 0 atom stereocenters. The fourth-order valence-corrected chi connectivity index (χ4v) is 5.63. The molecule has 3 aromatic rings. The Bertz CT molecular complexity index is 1220. The van der Waals surface area contributed by atoms with Crippen molar-refractivity contribution in [3.63, 3.8) is 0 Å². The second kappa shape index (κ2) is 8.99. The number of carbonyl (C=O) groups excluding carboxylic acids is 1. The van der Waals surface area contributed by atoms with Crippen LogP contribution in [0.15, 0.2) is 28.2 Å². The Morgan fingerprint density at radius 1 is 1.22 bits per heavy atom. The first kappa shape index (κ1) is 21.1. The molecule has 0 aliphatic carbocycles. The van der Waals surface area contributed by atoms with Gasteiger partial charge in [-0.2, -0.15) is 4.98 Å². The van der Waals surface area contributed by atoms with E-state index in [1.807, 2.05) is 25.1 Å². The molecule has 0 spiro atoms. The van der Waals surface area contributed by atoms with Crippen LogP contribution in [0.5, 0.6) is 11.5 Å². The number of carbonyl (C=O) groups is 1. The Balaban J connectivity index is 1.26. The predicted molar refractivity (Wildman–Crippen MR) is 124 cm³/mol. The molecule has 1 saturated heterocycles. The van der Waals surface area contributed by atoms with E-state index in [2.05, 4.69) is 20.2 Å². The lowest BCUT2D eigenvalue weighted by atomic mass is 10.2. The number of ether oxygens (including phenoxy) is 2. The minimum Gasteiger partial charge on any atom is -0.454 e. The number of hydrogen-bond acceptors (Lipinski definition) is 9. The molecule has 4 heterocycles. The highest BCUT2D eigenvalue weighted by atomic mass is 32.2. The SMILES string of the molecule is CCn1c(SCC(=O)NCc2ccc3c(c2)OCO3)nc2nc(N3CCCC3)sc2c1=O. The quantitative estimate of drug-likeness (QED) is 0.413. The summed E-state index contributed by atoms with van der Waals surface area (Å²) in [6.07, 6.45) is 2.29. The second-order valence-corrected chi connectivity index (χ2v) is 9.46. The predicted octanol–water partition coefficient (Wildman–Crippen LogP) is 2.61. The van der Waals surface area contributed by atoms with E-state index in [0.29, 0.717) is 40.1 Å². The summed E-state index contributed by atoms with van der Waals surface area (Å²) in [6.45, 7) is 4.92. The van der Waals surface area contributed by atoms with Crippen LogP contribution in [-0.4, -0.2) is 46.1 Å². The Hall–Kier alpha value is -2.79. The van der Waals surface area contributed by atoms with Crippen LogP contribution in [-0.2, 0) is 17.9 Å². The van der Waals surface area contributed by atoms with Crippen molar-refractivity contribution in [2.45, 2.75) is 38.0 Å². The summed E-state index contributed by atoms with van der Waals surface area (Å²) in [7, 11) is 0. The van der Waals surface area contributed by atoms with Crippen molar-refractivity contribution in [2.75, 3.05) is 30.5 Å². The van der Waals surface area contributed by atoms with Crippen LogP contribution >= 0.6 is 23.1 Å². The third-order valence-corrected chi connectivity index (χ3v) is 7.49. The highest BCUT2D eigenvalue weighted by Gasteiger charge is 2.21. The van der Waals surface area contributed by atoms with Gasteiger partial charge in [0, 0.05) is 26.2 Å². The van der Waals surface area contributed by atoms with Crippen LogP contribution in [0.4, 0.5) is 5.13 Å². The fraction of sp³-hybridized carbons (Fsp3) is 0.429. The molecule has 5 rings (SSSR count). The maximum absolute atomic E-state index is 13.0. The number of benzene rings is 1. The second-order valence-electron chi connectivity index (χ2n) is 7.54. The largest absolute Gasteiger partial charge is 0.454 e. The molecule has 1 N–H and O–H groups in total. The van der Waals surface area contributed by atoms with E-state index in [1.54, 1.807) is 4.57 Å². The molecule has 1 amide bonds. The zero-order valence-electron chi connectivity index (χ0n) is 17.6. The van der Waals surface area contributed by atoms with Gasteiger partial charge in [-0.15, -0.1) is 0 Å². The minimum absolute atomic E-state index is 0.0938. The molecule has 0 unspecified atom stereocenters. The van der Waals surface area contributed by atoms with Crippen molar-refractivity contribution in [1.29, 1.82) is 0 Å². The Morgan fingerprint density at radius 3 is 2.84 bits per heavy atom. The summed E-state index contributed by atoms with van der Waals surface area (Å²) in [5, 5.41) is 4.27. The smallest absolute Gasteiger partial charge is 0.273 e. The monoisotopic (exact) mass is 473 g/mol. The van der Waals surface area contributed by atoms with Gasteiger partial charge in [-0.1, -0.05) is 29.2 Å². The average Bonchev–Trinajstić information content (AvgIpc) is 3.56. The standard InChI is InChI=1S/C21H23N5O4S2/c1-2-26-19(28)17-18(23-20(32-17)25-7-3-4-8-25)24-21(26)31-11-16(27)22-10-13-5-6-14-15(9-13)30-12-29-14/h5-6,9H,2-4,7-8,10-12H2,1H3,(H,22,27). The van der Waals surface area contributed by atoms with E-state index in [-0.39, 0.29) is 24.0 Å². The summed E-state index contributed by atoms with van der Waals surface area (Å²) in [6, 6.07) is 5.59. The normalized spacial score (nSPS) is 15.0. The van der Waals surface area contributed by atoms with Gasteiger partial charge in [0.15, 0.2) is 27.4 Å². The van der Waals surface area contributed by atoms with Gasteiger partial charge in [-0.05, 0) is 37.5 Å². The maximum atomic E-state index is 13.0. The van der Waals surface area contributed by atoms with Crippen LogP contribution in [0, 0.1) is 0 Å². The number of anilines is 1. The molecule has 168 valence electrons. The summed E-state index contributed by atoms with van der Waals surface area (Å²) in [4.78, 5) is 36.9. The van der Waals surface area contributed by atoms with Crippen molar-refractivity contribution >= 4 is 44.5 Å². The molecule has 2 aromatic heterocycles. The van der Waals surface area contributed by atoms with E-state index in [0.717, 1.165) is 36.6 Å². The molecule has 11 heteroatoms. The fourth-order valence-electron chi connectivity index (χ4n) is 3.74. The summed E-state index contributed by atoms with van der Waals surface area (Å²) in [5.74, 6) is 1.42. The zero-order chi connectivity index (χ0) is 22.1. The van der Waals surface area contributed by atoms with Gasteiger partial charge in [0.2, 0.25) is 12.7 Å². The van der Waals surface area contributed by atoms with Crippen LogP contribution in [0.3, 0.4) is 0 Å². The van der Waals surface area contributed by atoms with Crippen molar-refractivity contribution in [1.82, 2.24) is 19.9 Å². The number of nitrogens with one attached hydrogen (secondary N) is 1. The lowest BCUT2D eigenvalue weighted by Crippen LogP contribution is -2.26. The molecule has 1 aromatic carbocycles. The maximum Gasteiger partial charge on any atom is 0.273 e. The number of thioether (sulfide) groups is 1. The Labute approximate surface area is 192 Å². The molecule has 1 fully saturated rings. The van der Waals surface area contributed by atoms with Crippen LogP contribution < -0.4 is 25.2 Å². The molecular formula is C21H23N5O4S2. The Morgan fingerprint density at radius 2 is 2.03 bits per heavy atom. The van der Waals surface area contributed by atoms with Gasteiger partial charge >= 0.3 is 0 Å². The molecule has 2 aliphatic heterocycles. The highest BCUT2D eigenvalue weighted by Crippen LogP contribution is 2.32. The third-order valence-electron chi connectivity index (χ3n) is 5.42. The van der Waals surface area contributed by atoms with Gasteiger partial charge in [0.25, 0.3) is 5.56 Å². The van der Waals surface area contributed by atoms with E-state index >= 15 is 0 Å². The molecule has 0 radical (unpaired) electrons. The number of nitrogens with zero attached hydrogens (tertiary/aromatic N) is 4. The van der Waals surface area contributed by atoms with Crippen LogP contribution in [0.25, 0.3) is 10.3 Å². The van der Waals surface area contributed by atoms with Crippen LogP contribution in [0.2, 0.25) is 0 Å². The van der Waals surface area contributed by atoms with E-state index in [9.17, 15) is 9.59 Å². The average molecular weight is 474 g/mol. The summed E-state index contributed by atoms with van der Waals surface area (Å²) in [5.41, 5.74) is 1.30. The third kappa shape index (κ3) is 4.14. The summed E-state index contributed by atoms with van der Waals surface area (Å²) >= 11 is 2.66. The first-order valence-corrected chi connectivity index (χ1v) is 12.4. The number of thiazole rings is 1. The van der Waals surface area contributed by atoms with Crippen LogP contribution in [0.1, 0.15) is 25.3 Å². The first-order chi connectivity index (χ1) is 15.6.